The van der Waals surface area contributed by atoms with Crippen molar-refractivity contribution in [1.29, 1.82) is 0 Å². The Bertz CT molecular complexity index is 265. The number of aryl methyl sites for hydroxylation is 1. The lowest BCUT2D eigenvalue weighted by atomic mass is 10.2. The molecule has 13 heavy (non-hydrogen) atoms. The van der Waals surface area contributed by atoms with Gasteiger partial charge in [0.15, 0.2) is 0 Å². The first-order valence-corrected chi connectivity index (χ1v) is 4.49. The molecule has 0 aliphatic rings. The van der Waals surface area contributed by atoms with Gasteiger partial charge in [0.2, 0.25) is 0 Å². The molecular formula is C9H18N4. The summed E-state index contributed by atoms with van der Waals surface area (Å²) in [7, 11) is 6.05. The first kappa shape index (κ1) is 10.2. The SMILES string of the molecule is CN(C)CCc1nn(C)cc1CN. The Kier molecular flexibility index (Phi) is 3.45. The van der Waals surface area contributed by atoms with E-state index < -0.39 is 0 Å². The molecule has 74 valence electrons. The molecule has 0 aliphatic carbocycles. The Labute approximate surface area is 79.3 Å². The van der Waals surface area contributed by atoms with Crippen LogP contribution in [-0.2, 0) is 20.0 Å². The molecule has 0 bridgehead atoms. The van der Waals surface area contributed by atoms with E-state index in [2.05, 4.69) is 24.1 Å². The van der Waals surface area contributed by atoms with Crippen LogP contribution >= 0.6 is 0 Å². The molecule has 0 saturated carbocycles. The highest BCUT2D eigenvalue weighted by atomic mass is 15.3. The van der Waals surface area contributed by atoms with Crippen molar-refractivity contribution in [3.05, 3.63) is 17.5 Å². The lowest BCUT2D eigenvalue weighted by molar-refractivity contribution is 0.410. The summed E-state index contributed by atoms with van der Waals surface area (Å²) >= 11 is 0. The van der Waals surface area contributed by atoms with E-state index in [4.69, 9.17) is 5.73 Å². The van der Waals surface area contributed by atoms with Crippen LogP contribution in [0.2, 0.25) is 0 Å². The number of rotatable bonds is 4. The largest absolute Gasteiger partial charge is 0.326 e. The topological polar surface area (TPSA) is 47.1 Å². The van der Waals surface area contributed by atoms with Gasteiger partial charge in [-0.05, 0) is 14.1 Å². The summed E-state index contributed by atoms with van der Waals surface area (Å²) in [5.74, 6) is 0. The van der Waals surface area contributed by atoms with Crippen LogP contribution in [0.1, 0.15) is 11.3 Å². The summed E-state index contributed by atoms with van der Waals surface area (Å²) in [5.41, 5.74) is 7.88. The van der Waals surface area contributed by atoms with Crippen molar-refractivity contribution in [1.82, 2.24) is 14.7 Å². The van der Waals surface area contributed by atoms with Gasteiger partial charge in [-0.25, -0.2) is 0 Å². The minimum absolute atomic E-state index is 0.580. The summed E-state index contributed by atoms with van der Waals surface area (Å²) < 4.78 is 1.83. The molecule has 1 rings (SSSR count). The van der Waals surface area contributed by atoms with E-state index >= 15 is 0 Å². The Morgan fingerprint density at radius 2 is 2.23 bits per heavy atom. The molecule has 0 amide bonds. The highest BCUT2D eigenvalue weighted by Gasteiger charge is 2.05. The fourth-order valence-corrected chi connectivity index (χ4v) is 1.29. The summed E-state index contributed by atoms with van der Waals surface area (Å²) in [6.45, 7) is 1.60. The fraction of sp³-hybridized carbons (Fsp3) is 0.667. The minimum Gasteiger partial charge on any atom is -0.326 e. The lowest BCUT2D eigenvalue weighted by Gasteiger charge is -2.07. The molecular weight excluding hydrogens is 164 g/mol. The standard InChI is InChI=1S/C9H18N4/c1-12(2)5-4-9-8(6-10)7-13(3)11-9/h7H,4-6,10H2,1-3H3. The monoisotopic (exact) mass is 182 g/mol. The van der Waals surface area contributed by atoms with Gasteiger partial charge in [-0.1, -0.05) is 0 Å². The second kappa shape index (κ2) is 4.39. The molecule has 4 heteroatoms. The second-order valence-corrected chi connectivity index (χ2v) is 3.53. The van der Waals surface area contributed by atoms with Crippen molar-refractivity contribution < 1.29 is 0 Å². The van der Waals surface area contributed by atoms with Gasteiger partial charge < -0.3 is 10.6 Å². The predicted octanol–water partition coefficient (Wildman–Crippen LogP) is -0.0171. The fourth-order valence-electron chi connectivity index (χ4n) is 1.29. The highest BCUT2D eigenvalue weighted by Crippen LogP contribution is 2.06. The van der Waals surface area contributed by atoms with Gasteiger partial charge in [-0.3, -0.25) is 4.68 Å². The van der Waals surface area contributed by atoms with Crippen LogP contribution in [0.3, 0.4) is 0 Å². The number of nitrogens with zero attached hydrogens (tertiary/aromatic N) is 3. The van der Waals surface area contributed by atoms with Crippen LogP contribution < -0.4 is 5.73 Å². The maximum atomic E-state index is 5.60. The summed E-state index contributed by atoms with van der Waals surface area (Å²) in [6, 6.07) is 0. The molecule has 0 aliphatic heterocycles. The van der Waals surface area contributed by atoms with Crippen LogP contribution in [0, 0.1) is 0 Å². The van der Waals surface area contributed by atoms with E-state index in [1.165, 1.54) is 0 Å². The maximum absolute atomic E-state index is 5.60. The van der Waals surface area contributed by atoms with Gasteiger partial charge in [-0.15, -0.1) is 0 Å². The average Bonchev–Trinajstić information content (AvgIpc) is 2.42. The minimum atomic E-state index is 0.580. The number of nitrogens with two attached hydrogens (primary N) is 1. The maximum Gasteiger partial charge on any atom is 0.0682 e. The van der Waals surface area contributed by atoms with Gasteiger partial charge in [0, 0.05) is 38.3 Å². The smallest absolute Gasteiger partial charge is 0.0682 e. The summed E-state index contributed by atoms with van der Waals surface area (Å²) in [4.78, 5) is 2.15. The zero-order valence-corrected chi connectivity index (χ0v) is 8.62. The Morgan fingerprint density at radius 3 is 2.77 bits per heavy atom. The third-order valence-electron chi connectivity index (χ3n) is 2.01. The highest BCUT2D eigenvalue weighted by molar-refractivity contribution is 5.16. The molecule has 0 radical (unpaired) electrons. The molecule has 1 aromatic rings. The van der Waals surface area contributed by atoms with Crippen molar-refractivity contribution >= 4 is 0 Å². The number of hydrogen-bond acceptors (Lipinski definition) is 3. The molecule has 1 aromatic heterocycles. The van der Waals surface area contributed by atoms with Gasteiger partial charge >= 0.3 is 0 Å². The lowest BCUT2D eigenvalue weighted by Crippen LogP contribution is -2.16. The van der Waals surface area contributed by atoms with Crippen LogP contribution in [0.5, 0.6) is 0 Å². The van der Waals surface area contributed by atoms with Crippen molar-refractivity contribution in [3.63, 3.8) is 0 Å². The molecule has 4 nitrogen and oxygen atoms in total. The van der Waals surface area contributed by atoms with Crippen LogP contribution in [0.15, 0.2) is 6.20 Å². The Morgan fingerprint density at radius 1 is 1.54 bits per heavy atom. The van der Waals surface area contributed by atoms with Gasteiger partial charge in [0.25, 0.3) is 0 Å². The van der Waals surface area contributed by atoms with Crippen molar-refractivity contribution in [3.8, 4) is 0 Å². The third kappa shape index (κ3) is 2.82. The van der Waals surface area contributed by atoms with E-state index in [1.807, 2.05) is 17.9 Å². The van der Waals surface area contributed by atoms with E-state index in [9.17, 15) is 0 Å². The van der Waals surface area contributed by atoms with Crippen molar-refractivity contribution in [2.24, 2.45) is 12.8 Å². The first-order valence-electron chi connectivity index (χ1n) is 4.49. The Balaban J connectivity index is 2.64. The third-order valence-corrected chi connectivity index (χ3v) is 2.01. The van der Waals surface area contributed by atoms with E-state index in [0.717, 1.165) is 24.2 Å². The molecule has 0 aromatic carbocycles. The van der Waals surface area contributed by atoms with Gasteiger partial charge in [0.1, 0.15) is 0 Å². The Hall–Kier alpha value is -0.870. The summed E-state index contributed by atoms with van der Waals surface area (Å²) in [5, 5.41) is 4.36. The van der Waals surface area contributed by atoms with Gasteiger partial charge in [0.05, 0.1) is 5.69 Å². The molecule has 0 atom stereocenters. The van der Waals surface area contributed by atoms with E-state index in [-0.39, 0.29) is 0 Å². The molecule has 1 heterocycles. The average molecular weight is 182 g/mol. The van der Waals surface area contributed by atoms with Crippen LogP contribution in [0.4, 0.5) is 0 Å². The van der Waals surface area contributed by atoms with E-state index in [1.54, 1.807) is 0 Å². The number of aromatic nitrogens is 2. The van der Waals surface area contributed by atoms with Crippen LogP contribution in [0.25, 0.3) is 0 Å². The molecule has 0 unspecified atom stereocenters. The normalized spacial score (nSPS) is 11.2. The van der Waals surface area contributed by atoms with Crippen molar-refractivity contribution in [2.75, 3.05) is 20.6 Å². The molecule has 2 N–H and O–H groups in total. The molecule has 0 saturated heterocycles. The second-order valence-electron chi connectivity index (χ2n) is 3.53. The summed E-state index contributed by atoms with van der Waals surface area (Å²) in [6.07, 6.45) is 2.96. The van der Waals surface area contributed by atoms with E-state index in [0.29, 0.717) is 6.54 Å². The zero-order chi connectivity index (χ0) is 9.84. The first-order chi connectivity index (χ1) is 6.13. The molecule has 0 spiro atoms. The van der Waals surface area contributed by atoms with Crippen molar-refractivity contribution in [2.45, 2.75) is 13.0 Å². The predicted molar refractivity (Wildman–Crippen MR) is 53.4 cm³/mol. The quantitative estimate of drug-likeness (QED) is 0.712. The zero-order valence-electron chi connectivity index (χ0n) is 8.62. The number of likely N-dealkylation sites (N-methyl/N-ethyl adjacent to an activating group) is 1. The molecule has 0 fully saturated rings. The number of hydrogen-bond donors (Lipinski definition) is 1. The van der Waals surface area contributed by atoms with Gasteiger partial charge in [-0.2, -0.15) is 5.10 Å². The van der Waals surface area contributed by atoms with Crippen LogP contribution in [-0.4, -0.2) is 35.3 Å².